The Morgan fingerprint density at radius 1 is 1.56 bits per heavy atom. The van der Waals surface area contributed by atoms with E-state index in [1.807, 2.05) is 12.1 Å². The van der Waals surface area contributed by atoms with Crippen molar-refractivity contribution in [2.24, 2.45) is 0 Å². The van der Waals surface area contributed by atoms with E-state index in [1.165, 1.54) is 0 Å². The zero-order valence-corrected chi connectivity index (χ0v) is 9.64. The number of hydrogen-bond donors (Lipinski definition) is 1. The number of hydrogen-bond acceptors (Lipinski definition) is 4. The molecule has 1 N–H and O–H groups in total. The molecule has 0 aliphatic heterocycles. The van der Waals surface area contributed by atoms with E-state index in [0.29, 0.717) is 6.54 Å². The van der Waals surface area contributed by atoms with E-state index in [2.05, 4.69) is 10.3 Å². The van der Waals surface area contributed by atoms with E-state index >= 15 is 0 Å². The summed E-state index contributed by atoms with van der Waals surface area (Å²) < 4.78 is 0. The SMILES string of the molecule is CC(C)(CNCCc1cccnc1)[N+](=O)[O-]. The molecule has 0 amide bonds. The Morgan fingerprint density at radius 3 is 2.88 bits per heavy atom. The molecular formula is C11H17N3O2. The largest absolute Gasteiger partial charge is 0.310 e. The number of pyridine rings is 1. The van der Waals surface area contributed by atoms with Crippen LogP contribution in [-0.2, 0) is 6.42 Å². The minimum Gasteiger partial charge on any atom is -0.310 e. The lowest BCUT2D eigenvalue weighted by Crippen LogP contribution is -2.42. The summed E-state index contributed by atoms with van der Waals surface area (Å²) in [6.07, 6.45) is 4.37. The van der Waals surface area contributed by atoms with E-state index < -0.39 is 5.54 Å². The van der Waals surface area contributed by atoms with Crippen LogP contribution in [0.2, 0.25) is 0 Å². The molecule has 1 heterocycles. The maximum absolute atomic E-state index is 10.6. The van der Waals surface area contributed by atoms with Crippen molar-refractivity contribution >= 4 is 0 Å². The first-order valence-corrected chi connectivity index (χ1v) is 5.26. The van der Waals surface area contributed by atoms with Gasteiger partial charge in [0.2, 0.25) is 5.54 Å². The number of rotatable bonds is 6. The van der Waals surface area contributed by atoms with E-state index in [9.17, 15) is 10.1 Å². The van der Waals surface area contributed by atoms with Crippen molar-refractivity contribution < 1.29 is 4.92 Å². The van der Waals surface area contributed by atoms with Crippen LogP contribution in [-0.4, -0.2) is 28.5 Å². The van der Waals surface area contributed by atoms with E-state index in [-0.39, 0.29) is 4.92 Å². The summed E-state index contributed by atoms with van der Waals surface area (Å²) in [5, 5.41) is 13.7. The van der Waals surface area contributed by atoms with Gasteiger partial charge in [0.15, 0.2) is 0 Å². The van der Waals surface area contributed by atoms with Crippen LogP contribution in [0, 0.1) is 10.1 Å². The average molecular weight is 223 g/mol. The summed E-state index contributed by atoms with van der Waals surface area (Å²) >= 11 is 0. The zero-order chi connectivity index (χ0) is 12.0. The highest BCUT2D eigenvalue weighted by Crippen LogP contribution is 2.05. The van der Waals surface area contributed by atoms with Crippen molar-refractivity contribution in [1.29, 1.82) is 0 Å². The Balaban J connectivity index is 2.25. The standard InChI is InChI=1S/C11H17N3O2/c1-11(2,14(15)16)9-13-7-5-10-4-3-6-12-8-10/h3-4,6,8,13H,5,7,9H2,1-2H3. The first kappa shape index (κ1) is 12.6. The van der Waals surface area contributed by atoms with Gasteiger partial charge < -0.3 is 5.32 Å². The quantitative estimate of drug-likeness (QED) is 0.448. The molecule has 88 valence electrons. The number of nitrogens with one attached hydrogen (secondary N) is 1. The molecule has 5 heteroatoms. The van der Waals surface area contributed by atoms with Gasteiger partial charge in [0.25, 0.3) is 0 Å². The van der Waals surface area contributed by atoms with Crippen molar-refractivity contribution in [3.05, 3.63) is 40.2 Å². The van der Waals surface area contributed by atoms with Crippen LogP contribution in [0.5, 0.6) is 0 Å². The molecular weight excluding hydrogens is 206 g/mol. The highest BCUT2D eigenvalue weighted by atomic mass is 16.6. The topological polar surface area (TPSA) is 68.1 Å². The maximum Gasteiger partial charge on any atom is 0.228 e. The van der Waals surface area contributed by atoms with Crippen molar-refractivity contribution in [3.8, 4) is 0 Å². The van der Waals surface area contributed by atoms with Crippen LogP contribution in [0.3, 0.4) is 0 Å². The van der Waals surface area contributed by atoms with Crippen molar-refractivity contribution in [3.63, 3.8) is 0 Å². The van der Waals surface area contributed by atoms with Crippen LogP contribution in [0.25, 0.3) is 0 Å². The highest BCUT2D eigenvalue weighted by Gasteiger charge is 2.29. The fourth-order valence-corrected chi connectivity index (χ4v) is 1.24. The fourth-order valence-electron chi connectivity index (χ4n) is 1.24. The predicted molar refractivity (Wildman–Crippen MR) is 61.9 cm³/mol. The predicted octanol–water partition coefficient (Wildman–Crippen LogP) is 1.27. The summed E-state index contributed by atoms with van der Waals surface area (Å²) in [4.78, 5) is 14.4. The second kappa shape index (κ2) is 5.55. The molecule has 1 aromatic heterocycles. The molecule has 0 atom stereocenters. The molecule has 0 saturated carbocycles. The normalized spacial score (nSPS) is 11.4. The van der Waals surface area contributed by atoms with Crippen molar-refractivity contribution in [2.75, 3.05) is 13.1 Å². The van der Waals surface area contributed by atoms with Crippen LogP contribution in [0.15, 0.2) is 24.5 Å². The molecule has 1 aromatic rings. The molecule has 0 radical (unpaired) electrons. The van der Waals surface area contributed by atoms with Crippen LogP contribution in [0.1, 0.15) is 19.4 Å². The lowest BCUT2D eigenvalue weighted by Gasteiger charge is -2.15. The Morgan fingerprint density at radius 2 is 2.31 bits per heavy atom. The minimum atomic E-state index is -0.908. The summed E-state index contributed by atoms with van der Waals surface area (Å²) in [6.45, 7) is 4.33. The van der Waals surface area contributed by atoms with Crippen molar-refractivity contribution in [2.45, 2.75) is 25.8 Å². The first-order valence-electron chi connectivity index (χ1n) is 5.26. The van der Waals surface area contributed by atoms with Crippen LogP contribution in [0.4, 0.5) is 0 Å². The van der Waals surface area contributed by atoms with Gasteiger partial charge in [-0.2, -0.15) is 0 Å². The first-order chi connectivity index (χ1) is 7.52. The molecule has 0 aliphatic carbocycles. The average Bonchev–Trinajstić information content (AvgIpc) is 2.26. The van der Waals surface area contributed by atoms with Gasteiger partial charge in [-0.15, -0.1) is 0 Å². The zero-order valence-electron chi connectivity index (χ0n) is 9.64. The smallest absolute Gasteiger partial charge is 0.228 e. The molecule has 0 bridgehead atoms. The lowest BCUT2D eigenvalue weighted by atomic mass is 10.1. The molecule has 16 heavy (non-hydrogen) atoms. The van der Waals surface area contributed by atoms with Gasteiger partial charge in [-0.05, 0) is 24.6 Å². The molecule has 0 aromatic carbocycles. The molecule has 0 fully saturated rings. The molecule has 1 rings (SSSR count). The van der Waals surface area contributed by atoms with Gasteiger partial charge in [-0.3, -0.25) is 15.1 Å². The monoisotopic (exact) mass is 223 g/mol. The van der Waals surface area contributed by atoms with E-state index in [4.69, 9.17) is 0 Å². The van der Waals surface area contributed by atoms with Gasteiger partial charge in [0.05, 0.1) is 6.54 Å². The lowest BCUT2D eigenvalue weighted by molar-refractivity contribution is -0.558. The number of nitrogens with zero attached hydrogens (tertiary/aromatic N) is 2. The van der Waals surface area contributed by atoms with Crippen LogP contribution < -0.4 is 5.32 Å². The third kappa shape index (κ3) is 3.94. The Hall–Kier alpha value is -1.49. The van der Waals surface area contributed by atoms with E-state index in [0.717, 1.165) is 18.5 Å². The fraction of sp³-hybridized carbons (Fsp3) is 0.545. The molecule has 0 aliphatic rings. The second-order valence-corrected chi connectivity index (χ2v) is 4.36. The summed E-state index contributed by atoms with van der Waals surface area (Å²) in [7, 11) is 0. The third-order valence-corrected chi connectivity index (χ3v) is 2.37. The summed E-state index contributed by atoms with van der Waals surface area (Å²) in [5.41, 5.74) is 0.225. The van der Waals surface area contributed by atoms with Gasteiger partial charge >= 0.3 is 0 Å². The Kier molecular flexibility index (Phi) is 4.37. The Bertz CT molecular complexity index is 338. The number of aromatic nitrogens is 1. The molecule has 5 nitrogen and oxygen atoms in total. The Labute approximate surface area is 95.0 Å². The van der Waals surface area contributed by atoms with Crippen molar-refractivity contribution in [1.82, 2.24) is 10.3 Å². The van der Waals surface area contributed by atoms with Gasteiger partial charge in [0, 0.05) is 31.2 Å². The van der Waals surface area contributed by atoms with Gasteiger partial charge in [-0.1, -0.05) is 6.07 Å². The maximum atomic E-state index is 10.6. The number of nitro groups is 1. The molecule has 0 spiro atoms. The highest BCUT2D eigenvalue weighted by molar-refractivity contribution is 5.08. The van der Waals surface area contributed by atoms with Crippen LogP contribution >= 0.6 is 0 Å². The van der Waals surface area contributed by atoms with Gasteiger partial charge in [-0.25, -0.2) is 0 Å². The second-order valence-electron chi connectivity index (χ2n) is 4.36. The summed E-state index contributed by atoms with van der Waals surface area (Å²) in [6, 6.07) is 3.88. The minimum absolute atomic E-state index is 0.260. The van der Waals surface area contributed by atoms with E-state index in [1.54, 1.807) is 26.2 Å². The third-order valence-electron chi connectivity index (χ3n) is 2.37. The molecule has 0 saturated heterocycles. The van der Waals surface area contributed by atoms with Gasteiger partial charge in [0.1, 0.15) is 0 Å². The molecule has 0 unspecified atom stereocenters. The summed E-state index contributed by atoms with van der Waals surface area (Å²) in [5.74, 6) is 0.